The molecule has 252 valence electrons. The fraction of sp³-hybridized carbons (Fsp3) is 0.333. The molecule has 0 N–H and O–H groups in total. The van der Waals surface area contributed by atoms with Gasteiger partial charge >= 0.3 is 11.9 Å². The van der Waals surface area contributed by atoms with Gasteiger partial charge in [0.1, 0.15) is 12.2 Å². The molecular formula is C39H42O7S2. The Morgan fingerprint density at radius 2 is 1.06 bits per heavy atom. The van der Waals surface area contributed by atoms with Crippen LogP contribution in [0.15, 0.2) is 123 Å². The van der Waals surface area contributed by atoms with E-state index in [0.29, 0.717) is 16.9 Å². The maximum atomic E-state index is 12.6. The highest BCUT2D eigenvalue weighted by molar-refractivity contribution is 7.97. The second-order valence-corrected chi connectivity index (χ2v) is 14.8. The Hall–Kier alpha value is -3.60. The van der Waals surface area contributed by atoms with Gasteiger partial charge < -0.3 is 14.7 Å². The van der Waals surface area contributed by atoms with E-state index >= 15 is 0 Å². The van der Waals surface area contributed by atoms with Crippen LogP contribution in [0.2, 0.25) is 0 Å². The summed E-state index contributed by atoms with van der Waals surface area (Å²) in [6.07, 6.45) is 9.69. The maximum Gasteiger partial charge on any atom is 0.338 e. The van der Waals surface area contributed by atoms with Gasteiger partial charge in [0, 0.05) is 4.90 Å². The van der Waals surface area contributed by atoms with E-state index < -0.39 is 11.9 Å². The summed E-state index contributed by atoms with van der Waals surface area (Å²) in [7, 11) is -0.0229. The quantitative estimate of drug-likeness (QED) is 0.0537. The zero-order chi connectivity index (χ0) is 33.6. The van der Waals surface area contributed by atoms with Gasteiger partial charge in [-0.05, 0) is 113 Å². The van der Waals surface area contributed by atoms with Crippen molar-refractivity contribution >= 4 is 34.9 Å². The Labute approximate surface area is 290 Å². The fourth-order valence-electron chi connectivity index (χ4n) is 5.94. The first-order valence-corrected chi connectivity index (χ1v) is 18.6. The Morgan fingerprint density at radius 1 is 0.625 bits per heavy atom. The van der Waals surface area contributed by atoms with Crippen LogP contribution in [0, 0.1) is 6.92 Å². The van der Waals surface area contributed by atoms with Gasteiger partial charge in [0.15, 0.2) is 14.7 Å². The van der Waals surface area contributed by atoms with Crippen molar-refractivity contribution in [2.24, 2.45) is 0 Å². The van der Waals surface area contributed by atoms with Crippen LogP contribution in [0.1, 0.15) is 90.5 Å². The number of carbonyl (C=O) groups excluding carboxylic acids is 2. The van der Waals surface area contributed by atoms with Crippen molar-refractivity contribution in [1.82, 2.24) is 0 Å². The molecule has 2 fully saturated rings. The van der Waals surface area contributed by atoms with E-state index in [2.05, 4.69) is 101 Å². The molecule has 0 radical (unpaired) electrons. The van der Waals surface area contributed by atoms with Crippen molar-refractivity contribution in [1.29, 1.82) is 0 Å². The van der Waals surface area contributed by atoms with Gasteiger partial charge in [0.25, 0.3) is 0 Å². The highest BCUT2D eigenvalue weighted by Crippen LogP contribution is 2.31. The number of esters is 2. The number of carbonyl (C=O) groups is 2. The summed E-state index contributed by atoms with van der Waals surface area (Å²) in [5.74, 6) is -0.992. The van der Waals surface area contributed by atoms with E-state index in [-0.39, 0.29) is 34.2 Å². The van der Waals surface area contributed by atoms with Crippen molar-refractivity contribution in [2.75, 3.05) is 0 Å². The molecule has 6 rings (SSSR count). The molecule has 9 heteroatoms. The van der Waals surface area contributed by atoms with Gasteiger partial charge in [-0.3, -0.25) is 5.04 Å². The summed E-state index contributed by atoms with van der Waals surface area (Å²) in [5.41, 5.74) is 1.75. The highest BCUT2D eigenvalue weighted by atomic mass is 32.2. The van der Waals surface area contributed by atoms with E-state index in [0.717, 1.165) is 64.2 Å². The van der Waals surface area contributed by atoms with Crippen LogP contribution >= 0.6 is 12.0 Å². The van der Waals surface area contributed by atoms with Crippen LogP contribution < -0.4 is 5.26 Å². The van der Waals surface area contributed by atoms with Crippen LogP contribution in [0.3, 0.4) is 0 Å². The zero-order valence-corrected chi connectivity index (χ0v) is 28.8. The molecular weight excluding hydrogens is 645 g/mol. The summed E-state index contributed by atoms with van der Waals surface area (Å²) < 4.78 is 15.5. The minimum absolute atomic E-state index is 0.0229. The maximum absolute atomic E-state index is 12.6. The second kappa shape index (κ2) is 18.8. The van der Waals surface area contributed by atoms with Crippen LogP contribution in [0.5, 0.6) is 0 Å². The first-order valence-electron chi connectivity index (χ1n) is 16.6. The van der Waals surface area contributed by atoms with Crippen LogP contribution in [0.25, 0.3) is 0 Å². The minimum atomic E-state index is -0.496. The number of aryl methyl sites for hydroxylation is 1. The smallest absolute Gasteiger partial charge is 0.338 e. The average molecular weight is 687 g/mol. The molecule has 2 aliphatic rings. The van der Waals surface area contributed by atoms with Crippen LogP contribution in [0.4, 0.5) is 0 Å². The number of benzene rings is 4. The SMILES string of the molecule is Cc1ccc([S+](c2ccccc2)c2ccccc2)cc1.O=C(OC1CCCCC1)c1cc(SOO[O-])cc(C(=O)OC2CCCCC2)c1. The lowest BCUT2D eigenvalue weighted by Crippen LogP contribution is -2.22. The van der Waals surface area contributed by atoms with E-state index in [9.17, 15) is 14.8 Å². The molecule has 4 aromatic rings. The molecule has 0 unspecified atom stereocenters. The Kier molecular flexibility index (Phi) is 14.0. The Balaban J connectivity index is 0.000000198. The van der Waals surface area contributed by atoms with Crippen LogP contribution in [-0.2, 0) is 29.7 Å². The van der Waals surface area contributed by atoms with Gasteiger partial charge in [-0.25, -0.2) is 9.59 Å². The van der Waals surface area contributed by atoms with Gasteiger partial charge in [0.05, 0.1) is 34.1 Å². The van der Waals surface area contributed by atoms with E-state index in [1.807, 2.05) is 0 Å². The fourth-order valence-corrected chi connectivity index (χ4v) is 8.48. The number of hydrogen-bond acceptors (Lipinski definition) is 8. The molecule has 0 aliphatic heterocycles. The molecule has 0 spiro atoms. The molecule has 0 heterocycles. The average Bonchev–Trinajstić information content (AvgIpc) is 3.13. The highest BCUT2D eigenvalue weighted by Gasteiger charge is 2.28. The van der Waals surface area contributed by atoms with Gasteiger partial charge in [-0.2, -0.15) is 4.33 Å². The van der Waals surface area contributed by atoms with Crippen molar-refractivity contribution < 1.29 is 33.7 Å². The molecule has 0 bridgehead atoms. The lowest BCUT2D eigenvalue weighted by molar-refractivity contribution is -0.777. The molecule has 2 saturated carbocycles. The van der Waals surface area contributed by atoms with Gasteiger partial charge in [-0.15, -0.1) is 0 Å². The molecule has 48 heavy (non-hydrogen) atoms. The van der Waals surface area contributed by atoms with Crippen molar-refractivity contribution in [3.63, 3.8) is 0 Å². The van der Waals surface area contributed by atoms with E-state index in [1.165, 1.54) is 38.4 Å². The minimum Gasteiger partial charge on any atom is -0.691 e. The normalized spacial score (nSPS) is 15.3. The largest absolute Gasteiger partial charge is 0.691 e. The first-order chi connectivity index (χ1) is 23.5. The topological polar surface area (TPSA) is 94.1 Å². The third-order valence-electron chi connectivity index (χ3n) is 8.40. The number of rotatable bonds is 10. The predicted molar refractivity (Wildman–Crippen MR) is 185 cm³/mol. The van der Waals surface area contributed by atoms with Crippen molar-refractivity contribution in [2.45, 2.75) is 103 Å². The molecule has 0 aromatic heterocycles. The molecule has 7 nitrogen and oxygen atoms in total. The van der Waals surface area contributed by atoms with Crippen molar-refractivity contribution in [3.05, 3.63) is 120 Å². The third-order valence-corrected chi connectivity index (χ3v) is 11.2. The predicted octanol–water partition coefficient (Wildman–Crippen LogP) is 8.99. The second-order valence-electron chi connectivity index (χ2n) is 12.0. The summed E-state index contributed by atoms with van der Waals surface area (Å²) in [4.78, 5) is 29.6. The third kappa shape index (κ3) is 10.7. The standard InChI is InChI=1S/C20H26O7S.C19H17S/c21-19(24-16-7-3-1-4-8-16)14-11-15(13-18(12-14)28-27-26-23)20(22)25-17-9-5-2-6-10-17;1-16-12-14-19(15-13-16)20(17-8-4-2-5-9-17)18-10-6-3-7-11-18/h11-13,16-17,23H,1-10H2;2-15H,1H3/q;+1/p-1. The lowest BCUT2D eigenvalue weighted by atomic mass is 9.97. The summed E-state index contributed by atoms with van der Waals surface area (Å²) >= 11 is 0.625. The first kappa shape index (κ1) is 35.7. The summed E-state index contributed by atoms with van der Waals surface area (Å²) in [6.45, 7) is 2.13. The zero-order valence-electron chi connectivity index (χ0n) is 27.2. The molecule has 2 aliphatic carbocycles. The summed E-state index contributed by atoms with van der Waals surface area (Å²) in [6, 6.07) is 34.9. The molecule has 0 amide bonds. The monoisotopic (exact) mass is 686 g/mol. The number of ether oxygens (including phenoxy) is 2. The van der Waals surface area contributed by atoms with E-state index in [4.69, 9.17) is 9.47 Å². The molecule has 0 atom stereocenters. The van der Waals surface area contributed by atoms with Gasteiger partial charge in [0.2, 0.25) is 0 Å². The van der Waals surface area contributed by atoms with E-state index in [1.54, 1.807) is 0 Å². The molecule has 4 aromatic carbocycles. The van der Waals surface area contributed by atoms with Gasteiger partial charge in [-0.1, -0.05) is 66.9 Å². The Bertz CT molecular complexity index is 1480. The summed E-state index contributed by atoms with van der Waals surface area (Å²) in [5, 5.41) is 13.5. The Morgan fingerprint density at radius 3 is 1.50 bits per heavy atom. The van der Waals surface area contributed by atoms with Crippen molar-refractivity contribution in [3.8, 4) is 0 Å². The molecule has 0 saturated heterocycles. The lowest BCUT2D eigenvalue weighted by Gasteiger charge is -2.23. The van der Waals surface area contributed by atoms with Crippen LogP contribution in [-0.4, -0.2) is 24.1 Å². The number of hydrogen-bond donors (Lipinski definition) is 0.